The number of nitrogens with one attached hydrogen (secondary N) is 1. The molecule has 1 aromatic carbocycles. The van der Waals surface area contributed by atoms with Crippen molar-refractivity contribution in [2.24, 2.45) is 0 Å². The lowest BCUT2D eigenvalue weighted by Gasteiger charge is -1.99. The number of hydrogen-bond donors (Lipinski definition) is 1. The number of H-pyrrole nitrogens is 1. The number of tetrazole rings is 1. The minimum atomic E-state index is 0.582. The fourth-order valence-corrected chi connectivity index (χ4v) is 0.983. The molecule has 0 fully saturated rings. The van der Waals surface area contributed by atoms with Gasteiger partial charge in [0.15, 0.2) is 5.82 Å². The first kappa shape index (κ1) is 7.72. The third kappa shape index (κ3) is 1.48. The molecule has 0 bridgehead atoms. The van der Waals surface area contributed by atoms with Crippen LogP contribution in [0.2, 0.25) is 0 Å². The summed E-state index contributed by atoms with van der Waals surface area (Å²) in [5.74, 6) is 1.34. The van der Waals surface area contributed by atoms with Crippen molar-refractivity contribution in [1.82, 2.24) is 20.6 Å². The maximum absolute atomic E-state index is 5.05. The first-order valence-electron chi connectivity index (χ1n) is 3.70. The first-order chi connectivity index (χ1) is 6.40. The van der Waals surface area contributed by atoms with Crippen molar-refractivity contribution in [1.29, 1.82) is 0 Å². The number of rotatable bonds is 2. The Morgan fingerprint density at radius 1 is 1.54 bits per heavy atom. The van der Waals surface area contributed by atoms with Gasteiger partial charge in [-0.25, -0.2) is 5.10 Å². The monoisotopic (exact) mass is 175 g/mol. The summed E-state index contributed by atoms with van der Waals surface area (Å²) in [6.45, 7) is 0. The highest BCUT2D eigenvalue weighted by atomic mass is 16.5. The molecule has 65 valence electrons. The smallest absolute Gasteiger partial charge is 0.180 e. The van der Waals surface area contributed by atoms with Gasteiger partial charge in [0.05, 0.1) is 7.11 Å². The van der Waals surface area contributed by atoms with E-state index in [2.05, 4.69) is 26.7 Å². The fourth-order valence-electron chi connectivity index (χ4n) is 0.983. The van der Waals surface area contributed by atoms with E-state index in [-0.39, 0.29) is 0 Å². The molecule has 1 N–H and O–H groups in total. The predicted molar refractivity (Wildman–Crippen MR) is 45.0 cm³/mol. The average Bonchev–Trinajstić information content (AvgIpc) is 2.71. The second-order valence-corrected chi connectivity index (χ2v) is 2.39. The lowest BCUT2D eigenvalue weighted by atomic mass is 10.2. The molecule has 0 aliphatic rings. The number of benzene rings is 1. The van der Waals surface area contributed by atoms with Crippen molar-refractivity contribution in [3.63, 3.8) is 0 Å². The summed E-state index contributed by atoms with van der Waals surface area (Å²) >= 11 is 0. The van der Waals surface area contributed by atoms with Gasteiger partial charge in [-0.15, -0.1) is 5.10 Å². The fraction of sp³-hybridized carbons (Fsp3) is 0.125. The van der Waals surface area contributed by atoms with E-state index in [1.165, 1.54) is 0 Å². The van der Waals surface area contributed by atoms with Crippen LogP contribution in [0.15, 0.2) is 18.2 Å². The number of aromatic nitrogens is 4. The van der Waals surface area contributed by atoms with Crippen LogP contribution >= 0.6 is 0 Å². The Labute approximate surface area is 74.7 Å². The van der Waals surface area contributed by atoms with Crippen molar-refractivity contribution in [2.45, 2.75) is 0 Å². The highest BCUT2D eigenvalue weighted by Gasteiger charge is 2.02. The summed E-state index contributed by atoms with van der Waals surface area (Å²) in [6.07, 6.45) is 0. The van der Waals surface area contributed by atoms with Crippen LogP contribution in [0, 0.1) is 6.07 Å². The molecule has 0 aliphatic heterocycles. The number of aromatic amines is 1. The zero-order valence-electron chi connectivity index (χ0n) is 6.98. The molecule has 13 heavy (non-hydrogen) atoms. The van der Waals surface area contributed by atoms with Gasteiger partial charge >= 0.3 is 0 Å². The Bertz CT molecular complexity index is 385. The van der Waals surface area contributed by atoms with Crippen molar-refractivity contribution < 1.29 is 4.74 Å². The first-order valence-corrected chi connectivity index (χ1v) is 3.70. The predicted octanol–water partition coefficient (Wildman–Crippen LogP) is 0.675. The summed E-state index contributed by atoms with van der Waals surface area (Å²) in [6, 6.07) is 8.37. The zero-order valence-corrected chi connectivity index (χ0v) is 6.98. The van der Waals surface area contributed by atoms with Crippen LogP contribution in [-0.4, -0.2) is 27.7 Å². The van der Waals surface area contributed by atoms with Crippen LogP contribution < -0.4 is 4.74 Å². The average molecular weight is 175 g/mol. The van der Waals surface area contributed by atoms with Crippen molar-refractivity contribution in [3.05, 3.63) is 24.3 Å². The summed E-state index contributed by atoms with van der Waals surface area (Å²) in [7, 11) is 1.61. The van der Waals surface area contributed by atoms with Crippen LogP contribution in [0.5, 0.6) is 5.75 Å². The number of hydrogen-bond acceptors (Lipinski definition) is 4. The molecule has 0 saturated carbocycles. The molecule has 2 aromatic rings. The lowest BCUT2D eigenvalue weighted by molar-refractivity contribution is 0.415. The topological polar surface area (TPSA) is 63.7 Å². The Kier molecular flexibility index (Phi) is 1.91. The molecule has 5 heteroatoms. The Morgan fingerprint density at radius 2 is 2.46 bits per heavy atom. The molecule has 0 atom stereocenters. The number of nitrogens with zero attached hydrogens (tertiary/aromatic N) is 3. The minimum Gasteiger partial charge on any atom is -0.497 e. The van der Waals surface area contributed by atoms with E-state index in [0.717, 1.165) is 11.3 Å². The van der Waals surface area contributed by atoms with Crippen LogP contribution in [-0.2, 0) is 0 Å². The molecule has 0 unspecified atom stereocenters. The maximum Gasteiger partial charge on any atom is 0.180 e. The summed E-state index contributed by atoms with van der Waals surface area (Å²) < 4.78 is 5.05. The third-order valence-corrected chi connectivity index (χ3v) is 1.61. The highest BCUT2D eigenvalue weighted by molar-refractivity contribution is 5.55. The number of methoxy groups -OCH3 is 1. The van der Waals surface area contributed by atoms with E-state index >= 15 is 0 Å². The van der Waals surface area contributed by atoms with Crippen molar-refractivity contribution >= 4 is 0 Å². The summed E-state index contributed by atoms with van der Waals surface area (Å²) in [5, 5.41) is 13.3. The van der Waals surface area contributed by atoms with E-state index in [1.54, 1.807) is 13.2 Å². The van der Waals surface area contributed by atoms with Gasteiger partial charge < -0.3 is 4.74 Å². The molecule has 0 amide bonds. The van der Waals surface area contributed by atoms with Crippen LogP contribution in [0.3, 0.4) is 0 Å². The van der Waals surface area contributed by atoms with Crippen LogP contribution in [0.1, 0.15) is 0 Å². The van der Waals surface area contributed by atoms with E-state index in [1.807, 2.05) is 12.1 Å². The molecule has 5 nitrogen and oxygen atoms in total. The maximum atomic E-state index is 5.05. The van der Waals surface area contributed by atoms with Gasteiger partial charge in [-0.3, -0.25) is 0 Å². The third-order valence-electron chi connectivity index (χ3n) is 1.61. The molecule has 2 rings (SSSR count). The molecular formula is C8H7N4O. The SMILES string of the molecule is COc1cc[c]c(-c2nnn[nH]2)c1. The Hall–Kier alpha value is -1.91. The molecule has 0 spiro atoms. The van der Waals surface area contributed by atoms with E-state index in [9.17, 15) is 0 Å². The lowest BCUT2D eigenvalue weighted by Crippen LogP contribution is -1.85. The Morgan fingerprint density at radius 3 is 3.15 bits per heavy atom. The van der Waals surface area contributed by atoms with Gasteiger partial charge in [-0.2, -0.15) is 0 Å². The molecule has 1 heterocycles. The number of ether oxygens (including phenoxy) is 1. The van der Waals surface area contributed by atoms with Gasteiger partial charge in [0, 0.05) is 5.56 Å². The second-order valence-electron chi connectivity index (χ2n) is 2.39. The molecular weight excluding hydrogens is 168 g/mol. The molecule has 0 aliphatic carbocycles. The van der Waals surface area contributed by atoms with Gasteiger partial charge in [-0.05, 0) is 34.7 Å². The minimum absolute atomic E-state index is 0.582. The van der Waals surface area contributed by atoms with E-state index in [0.29, 0.717) is 5.82 Å². The molecule has 1 aromatic heterocycles. The van der Waals surface area contributed by atoms with Crippen molar-refractivity contribution in [2.75, 3.05) is 7.11 Å². The zero-order chi connectivity index (χ0) is 9.10. The summed E-state index contributed by atoms with van der Waals surface area (Å²) in [5.41, 5.74) is 0.782. The van der Waals surface area contributed by atoms with Gasteiger partial charge in [0.25, 0.3) is 0 Å². The van der Waals surface area contributed by atoms with Crippen LogP contribution in [0.4, 0.5) is 0 Å². The summed E-state index contributed by atoms with van der Waals surface area (Å²) in [4.78, 5) is 0. The normalized spacial score (nSPS) is 9.92. The van der Waals surface area contributed by atoms with Crippen LogP contribution in [0.25, 0.3) is 11.4 Å². The standard InChI is InChI=1S/C8H7N4O/c1-13-7-4-2-3-6(5-7)8-9-11-12-10-8/h2,4-5H,1H3,(H,9,10,11,12). The highest BCUT2D eigenvalue weighted by Crippen LogP contribution is 2.18. The van der Waals surface area contributed by atoms with Gasteiger partial charge in [0.1, 0.15) is 5.75 Å². The van der Waals surface area contributed by atoms with Gasteiger partial charge in [-0.1, -0.05) is 0 Å². The molecule has 0 saturated heterocycles. The Balaban J connectivity index is 2.41. The quantitative estimate of drug-likeness (QED) is 0.728. The van der Waals surface area contributed by atoms with Crippen molar-refractivity contribution in [3.8, 4) is 17.1 Å². The van der Waals surface area contributed by atoms with E-state index in [4.69, 9.17) is 4.74 Å². The van der Waals surface area contributed by atoms with E-state index < -0.39 is 0 Å². The molecule has 1 radical (unpaired) electrons. The second kappa shape index (κ2) is 3.22. The largest absolute Gasteiger partial charge is 0.497 e. The van der Waals surface area contributed by atoms with Gasteiger partial charge in [0.2, 0.25) is 0 Å².